The first-order valence-electron chi connectivity index (χ1n) is 6.46. The predicted octanol–water partition coefficient (Wildman–Crippen LogP) is 3.94. The van der Waals surface area contributed by atoms with E-state index in [4.69, 9.17) is 16.3 Å². The first-order valence-corrected chi connectivity index (χ1v) is 6.84. The molecule has 0 heterocycles. The molecule has 0 spiro atoms. The van der Waals surface area contributed by atoms with Crippen molar-refractivity contribution in [3.63, 3.8) is 0 Å². The summed E-state index contributed by atoms with van der Waals surface area (Å²) >= 11 is 6.07. The van der Waals surface area contributed by atoms with E-state index in [-0.39, 0.29) is 0 Å². The average Bonchev–Trinajstić information content (AvgIpc) is 2.47. The maximum Gasteiger partial charge on any atom is 0.405 e. The minimum absolute atomic E-state index is 0.384. The fraction of sp³-hybridized carbons (Fsp3) is 0.267. The highest BCUT2D eigenvalue weighted by Crippen LogP contribution is 2.31. The monoisotopic (exact) mass is 331 g/mol. The topological polar surface area (TPSA) is 38.3 Å². The highest BCUT2D eigenvalue weighted by molar-refractivity contribution is 6.35. The van der Waals surface area contributed by atoms with E-state index < -0.39 is 24.7 Å². The summed E-state index contributed by atoms with van der Waals surface area (Å²) in [5.74, 6) is -0.453. The van der Waals surface area contributed by atoms with E-state index in [1.54, 1.807) is 41.7 Å². The minimum Gasteiger partial charge on any atom is -0.480 e. The summed E-state index contributed by atoms with van der Waals surface area (Å²) in [6, 6.07) is 10.3. The highest BCUT2D eigenvalue weighted by atomic mass is 35.5. The third-order valence-electron chi connectivity index (χ3n) is 2.97. The van der Waals surface area contributed by atoms with Gasteiger partial charge in [0.2, 0.25) is 0 Å². The van der Waals surface area contributed by atoms with Crippen molar-refractivity contribution in [3.05, 3.63) is 41.4 Å². The van der Waals surface area contributed by atoms with Crippen LogP contribution in [0, 0.1) is 0 Å². The summed E-state index contributed by atoms with van der Waals surface area (Å²) in [4.78, 5) is 11.6. The van der Waals surface area contributed by atoms with Gasteiger partial charge in [0, 0.05) is 15.8 Å². The largest absolute Gasteiger partial charge is 0.480 e. The zero-order chi connectivity index (χ0) is 16.3. The van der Waals surface area contributed by atoms with Crippen LogP contribution >= 0.6 is 11.6 Å². The van der Waals surface area contributed by atoms with Crippen molar-refractivity contribution in [2.45, 2.75) is 19.2 Å². The quantitative estimate of drug-likeness (QED) is 0.921. The maximum atomic E-state index is 12.1. The number of hydrogen-bond donors (Lipinski definition) is 1. The van der Waals surface area contributed by atoms with Gasteiger partial charge < -0.3 is 10.1 Å². The van der Waals surface area contributed by atoms with Crippen molar-refractivity contribution in [1.29, 1.82) is 0 Å². The zero-order valence-electron chi connectivity index (χ0n) is 11.6. The SMILES string of the molecule is C[C@@H](Oc1ccc(Cl)c2ccccc12)C(=O)NCC(F)(F)F. The number of hydrogen-bond acceptors (Lipinski definition) is 2. The molecule has 0 aliphatic carbocycles. The first-order chi connectivity index (χ1) is 10.3. The predicted molar refractivity (Wildman–Crippen MR) is 78.1 cm³/mol. The number of benzene rings is 2. The Morgan fingerprint density at radius 2 is 1.86 bits per heavy atom. The number of nitrogens with one attached hydrogen (secondary N) is 1. The molecular formula is C15H13ClF3NO2. The Hall–Kier alpha value is -1.95. The van der Waals surface area contributed by atoms with Gasteiger partial charge in [-0.2, -0.15) is 13.2 Å². The number of amides is 1. The number of rotatable bonds is 4. The maximum absolute atomic E-state index is 12.1. The fourth-order valence-corrected chi connectivity index (χ4v) is 2.14. The molecule has 1 N–H and O–H groups in total. The second-order valence-corrected chi connectivity index (χ2v) is 5.09. The van der Waals surface area contributed by atoms with E-state index in [0.717, 1.165) is 5.39 Å². The zero-order valence-corrected chi connectivity index (χ0v) is 12.3. The van der Waals surface area contributed by atoms with Gasteiger partial charge in [0.1, 0.15) is 12.3 Å². The summed E-state index contributed by atoms with van der Waals surface area (Å²) in [5, 5.41) is 3.74. The molecule has 2 aromatic rings. The molecule has 0 unspecified atom stereocenters. The lowest BCUT2D eigenvalue weighted by Crippen LogP contribution is -2.41. The summed E-state index contributed by atoms with van der Waals surface area (Å²) < 4.78 is 41.7. The van der Waals surface area contributed by atoms with Crippen LogP contribution in [-0.2, 0) is 4.79 Å². The fourth-order valence-electron chi connectivity index (χ4n) is 1.91. The number of ether oxygens (including phenoxy) is 1. The van der Waals surface area contributed by atoms with E-state index in [1.165, 1.54) is 6.92 Å². The highest BCUT2D eigenvalue weighted by Gasteiger charge is 2.29. The molecule has 0 saturated heterocycles. The smallest absolute Gasteiger partial charge is 0.405 e. The molecule has 0 radical (unpaired) electrons. The van der Waals surface area contributed by atoms with Crippen LogP contribution in [0.5, 0.6) is 5.75 Å². The van der Waals surface area contributed by atoms with Crippen molar-refractivity contribution >= 4 is 28.3 Å². The second-order valence-electron chi connectivity index (χ2n) is 4.68. The Labute approximate surface area is 130 Å². The number of halogens is 4. The second kappa shape index (κ2) is 6.44. The van der Waals surface area contributed by atoms with Gasteiger partial charge in [0.05, 0.1) is 0 Å². The summed E-state index contributed by atoms with van der Waals surface area (Å²) in [7, 11) is 0. The van der Waals surface area contributed by atoms with Crippen LogP contribution in [0.15, 0.2) is 36.4 Å². The first kappa shape index (κ1) is 16.4. The number of carbonyl (C=O) groups excluding carboxylic acids is 1. The van der Waals surface area contributed by atoms with E-state index >= 15 is 0 Å². The summed E-state index contributed by atoms with van der Waals surface area (Å²) in [6.07, 6.45) is -5.52. The van der Waals surface area contributed by atoms with Gasteiger partial charge in [-0.1, -0.05) is 35.9 Å². The molecule has 3 nitrogen and oxygen atoms in total. The molecule has 1 amide bonds. The van der Waals surface area contributed by atoms with Crippen molar-refractivity contribution in [2.75, 3.05) is 6.54 Å². The molecule has 0 fully saturated rings. The Bertz CT molecular complexity index is 688. The van der Waals surface area contributed by atoms with Gasteiger partial charge in [-0.05, 0) is 19.1 Å². The number of fused-ring (bicyclic) bond motifs is 1. The van der Waals surface area contributed by atoms with E-state index in [2.05, 4.69) is 0 Å². The van der Waals surface area contributed by atoms with Gasteiger partial charge in [-0.15, -0.1) is 0 Å². The van der Waals surface area contributed by atoms with E-state index in [1.807, 2.05) is 0 Å². The van der Waals surface area contributed by atoms with Crippen LogP contribution in [0.3, 0.4) is 0 Å². The Kier molecular flexibility index (Phi) is 4.81. The molecular weight excluding hydrogens is 319 g/mol. The van der Waals surface area contributed by atoms with Crippen LogP contribution in [0.1, 0.15) is 6.92 Å². The molecule has 22 heavy (non-hydrogen) atoms. The van der Waals surface area contributed by atoms with Gasteiger partial charge in [-0.3, -0.25) is 4.79 Å². The molecule has 2 rings (SSSR count). The molecule has 118 valence electrons. The van der Waals surface area contributed by atoms with E-state index in [0.29, 0.717) is 16.2 Å². The van der Waals surface area contributed by atoms with E-state index in [9.17, 15) is 18.0 Å². The van der Waals surface area contributed by atoms with Crippen LogP contribution in [0.25, 0.3) is 10.8 Å². The lowest BCUT2D eigenvalue weighted by Gasteiger charge is -2.17. The molecule has 2 aromatic carbocycles. The number of carbonyl (C=O) groups is 1. The normalized spacial score (nSPS) is 13.0. The Balaban J connectivity index is 2.14. The minimum atomic E-state index is -4.46. The molecule has 0 aliphatic heterocycles. The number of alkyl halides is 3. The Morgan fingerprint density at radius 1 is 1.23 bits per heavy atom. The van der Waals surface area contributed by atoms with Gasteiger partial charge in [-0.25, -0.2) is 0 Å². The van der Waals surface area contributed by atoms with Crippen molar-refractivity contribution in [1.82, 2.24) is 5.32 Å². The lowest BCUT2D eigenvalue weighted by atomic mass is 10.1. The van der Waals surface area contributed by atoms with Crippen molar-refractivity contribution in [3.8, 4) is 5.75 Å². The average molecular weight is 332 g/mol. The molecule has 7 heteroatoms. The molecule has 0 aromatic heterocycles. The van der Waals surface area contributed by atoms with Gasteiger partial charge in [0.15, 0.2) is 6.10 Å². The van der Waals surface area contributed by atoms with Gasteiger partial charge in [0.25, 0.3) is 5.91 Å². The molecule has 0 bridgehead atoms. The van der Waals surface area contributed by atoms with Crippen LogP contribution in [0.4, 0.5) is 13.2 Å². The third kappa shape index (κ3) is 4.04. The van der Waals surface area contributed by atoms with Crippen LogP contribution < -0.4 is 10.1 Å². The van der Waals surface area contributed by atoms with Crippen molar-refractivity contribution < 1.29 is 22.7 Å². The molecule has 0 saturated carbocycles. The van der Waals surface area contributed by atoms with Crippen LogP contribution in [-0.4, -0.2) is 24.7 Å². The van der Waals surface area contributed by atoms with Crippen LogP contribution in [0.2, 0.25) is 5.02 Å². The molecule has 0 aliphatic rings. The van der Waals surface area contributed by atoms with Gasteiger partial charge >= 0.3 is 6.18 Å². The lowest BCUT2D eigenvalue weighted by molar-refractivity contribution is -0.142. The summed E-state index contributed by atoms with van der Waals surface area (Å²) in [6.45, 7) is -0.00398. The van der Waals surface area contributed by atoms with Crippen molar-refractivity contribution in [2.24, 2.45) is 0 Å². The standard InChI is InChI=1S/C15H13ClF3NO2/c1-9(14(21)20-8-15(17,18)19)22-13-7-6-12(16)10-4-2-3-5-11(10)13/h2-7,9H,8H2,1H3,(H,20,21)/t9-/m1/s1. The third-order valence-corrected chi connectivity index (χ3v) is 3.30. The summed E-state index contributed by atoms with van der Waals surface area (Å²) in [5.41, 5.74) is 0. The Morgan fingerprint density at radius 3 is 2.50 bits per heavy atom. The molecule has 1 atom stereocenters.